The number of hydrogen-bond acceptors (Lipinski definition) is 4. The smallest absolute Gasteiger partial charge is 0.257 e. The lowest BCUT2D eigenvalue weighted by Gasteiger charge is -2.07. The zero-order chi connectivity index (χ0) is 17.8. The van der Waals surface area contributed by atoms with E-state index in [1.807, 2.05) is 6.92 Å². The van der Waals surface area contributed by atoms with Crippen molar-refractivity contribution in [1.82, 2.24) is 15.3 Å². The molecule has 0 saturated heterocycles. The summed E-state index contributed by atoms with van der Waals surface area (Å²) in [5.74, 6) is -0.558. The number of pyridine rings is 2. The van der Waals surface area contributed by atoms with Crippen molar-refractivity contribution in [3.8, 4) is 5.88 Å². The minimum absolute atomic E-state index is 0.0456. The molecule has 3 aromatic rings. The lowest BCUT2D eigenvalue weighted by atomic mass is 10.2. The fraction of sp³-hybridized carbons (Fsp3) is 0.167. The third-order valence-electron chi connectivity index (χ3n) is 3.60. The summed E-state index contributed by atoms with van der Waals surface area (Å²) in [7, 11) is 0. The first-order valence-corrected chi connectivity index (χ1v) is 7.76. The van der Waals surface area contributed by atoms with Crippen LogP contribution in [0.2, 0.25) is 0 Å². The molecular weight excluding hydrogens is 325 g/mol. The first-order chi connectivity index (χ1) is 12.1. The molecular formula is C18H16FN3O3. The Kier molecular flexibility index (Phi) is 4.74. The molecule has 128 valence electrons. The number of H-pyrrole nitrogens is 1. The number of carbonyl (C=O) groups excluding carboxylic acids is 1. The third kappa shape index (κ3) is 3.65. The second-order valence-electron chi connectivity index (χ2n) is 5.32. The van der Waals surface area contributed by atoms with Crippen LogP contribution in [0, 0.1) is 5.82 Å². The molecule has 1 amide bonds. The first kappa shape index (κ1) is 16.6. The van der Waals surface area contributed by atoms with Crippen molar-refractivity contribution in [3.63, 3.8) is 0 Å². The molecule has 0 aliphatic rings. The maximum atomic E-state index is 12.9. The maximum Gasteiger partial charge on any atom is 0.257 e. The van der Waals surface area contributed by atoms with Crippen LogP contribution in [0.3, 0.4) is 0 Å². The monoisotopic (exact) mass is 341 g/mol. The first-order valence-electron chi connectivity index (χ1n) is 7.76. The van der Waals surface area contributed by atoms with E-state index in [4.69, 9.17) is 4.74 Å². The van der Waals surface area contributed by atoms with Gasteiger partial charge in [0.05, 0.1) is 12.1 Å². The van der Waals surface area contributed by atoms with Crippen LogP contribution < -0.4 is 15.5 Å². The summed E-state index contributed by atoms with van der Waals surface area (Å²) in [6.07, 6.45) is 1.35. The number of aromatic amines is 1. The number of nitrogens with zero attached hydrogens (tertiary/aromatic N) is 1. The van der Waals surface area contributed by atoms with Crippen molar-refractivity contribution in [2.45, 2.75) is 13.5 Å². The average Bonchev–Trinajstić information content (AvgIpc) is 2.62. The van der Waals surface area contributed by atoms with Gasteiger partial charge in [-0.15, -0.1) is 0 Å². The number of halogens is 1. The lowest BCUT2D eigenvalue weighted by molar-refractivity contribution is 0.0949. The molecule has 0 spiro atoms. The van der Waals surface area contributed by atoms with Crippen LogP contribution in [0.1, 0.15) is 22.8 Å². The van der Waals surface area contributed by atoms with Crippen LogP contribution in [0.4, 0.5) is 4.39 Å². The topological polar surface area (TPSA) is 84.1 Å². The highest BCUT2D eigenvalue weighted by atomic mass is 19.1. The number of rotatable bonds is 5. The number of fused-ring (bicyclic) bond motifs is 1. The van der Waals surface area contributed by atoms with E-state index < -0.39 is 11.3 Å². The number of hydrogen-bond donors (Lipinski definition) is 2. The number of benzene rings is 1. The van der Waals surface area contributed by atoms with E-state index in [2.05, 4.69) is 15.3 Å². The van der Waals surface area contributed by atoms with Crippen LogP contribution in [-0.4, -0.2) is 22.5 Å². The van der Waals surface area contributed by atoms with Gasteiger partial charge in [0.2, 0.25) is 11.3 Å². The summed E-state index contributed by atoms with van der Waals surface area (Å²) >= 11 is 0. The van der Waals surface area contributed by atoms with Gasteiger partial charge >= 0.3 is 0 Å². The van der Waals surface area contributed by atoms with Gasteiger partial charge in [-0.1, -0.05) is 12.1 Å². The molecule has 0 saturated carbocycles. The molecule has 2 aromatic heterocycles. The van der Waals surface area contributed by atoms with Gasteiger partial charge in [-0.2, -0.15) is 0 Å². The highest BCUT2D eigenvalue weighted by molar-refractivity contribution is 5.96. The highest BCUT2D eigenvalue weighted by Crippen LogP contribution is 2.12. The molecule has 3 rings (SSSR count). The number of carbonyl (C=O) groups is 1. The number of nitrogens with one attached hydrogen (secondary N) is 2. The zero-order valence-electron chi connectivity index (χ0n) is 13.5. The molecule has 0 aliphatic heterocycles. The standard InChI is InChI=1S/C18H16FN3O3/c1-2-25-15-8-7-14-16(22-15)17(23)13(10-20-14)18(24)21-9-11-3-5-12(19)6-4-11/h3-8,10H,2,9H2,1H3,(H,20,23)(H,21,24). The van der Waals surface area contributed by atoms with Gasteiger partial charge in [-0.3, -0.25) is 9.59 Å². The van der Waals surface area contributed by atoms with Crippen LogP contribution >= 0.6 is 0 Å². The largest absolute Gasteiger partial charge is 0.478 e. The van der Waals surface area contributed by atoms with Gasteiger partial charge in [-0.05, 0) is 30.7 Å². The third-order valence-corrected chi connectivity index (χ3v) is 3.60. The van der Waals surface area contributed by atoms with E-state index in [9.17, 15) is 14.0 Å². The summed E-state index contributed by atoms with van der Waals surface area (Å²) in [5.41, 5.74) is 0.857. The van der Waals surface area contributed by atoms with E-state index in [0.29, 0.717) is 18.0 Å². The van der Waals surface area contributed by atoms with Gasteiger partial charge in [-0.25, -0.2) is 9.37 Å². The van der Waals surface area contributed by atoms with E-state index in [-0.39, 0.29) is 23.4 Å². The Morgan fingerprint density at radius 1 is 1.24 bits per heavy atom. The Morgan fingerprint density at radius 2 is 2.00 bits per heavy atom. The van der Waals surface area contributed by atoms with Crippen molar-refractivity contribution in [1.29, 1.82) is 0 Å². The lowest BCUT2D eigenvalue weighted by Crippen LogP contribution is -2.28. The molecule has 0 unspecified atom stereocenters. The van der Waals surface area contributed by atoms with Crippen LogP contribution in [0.5, 0.6) is 5.88 Å². The van der Waals surface area contributed by atoms with E-state index >= 15 is 0 Å². The van der Waals surface area contributed by atoms with Crippen molar-refractivity contribution in [3.05, 3.63) is 69.8 Å². The van der Waals surface area contributed by atoms with Crippen molar-refractivity contribution in [2.75, 3.05) is 6.61 Å². The Labute approximate surface area is 142 Å². The number of aromatic nitrogens is 2. The summed E-state index contributed by atoms with van der Waals surface area (Å²) < 4.78 is 18.2. The van der Waals surface area contributed by atoms with Gasteiger partial charge in [0.15, 0.2) is 0 Å². The Balaban J connectivity index is 1.84. The van der Waals surface area contributed by atoms with Gasteiger partial charge in [0, 0.05) is 18.8 Å². The predicted octanol–water partition coefficient (Wildman–Crippen LogP) is 2.39. The predicted molar refractivity (Wildman–Crippen MR) is 91.1 cm³/mol. The summed E-state index contributed by atoms with van der Waals surface area (Å²) in [5, 5.41) is 2.64. The van der Waals surface area contributed by atoms with E-state index in [1.54, 1.807) is 24.3 Å². The number of amides is 1. The van der Waals surface area contributed by atoms with Gasteiger partial charge in [0.25, 0.3) is 5.91 Å². The van der Waals surface area contributed by atoms with Crippen LogP contribution in [0.25, 0.3) is 11.0 Å². The Hall–Kier alpha value is -3.22. The highest BCUT2D eigenvalue weighted by Gasteiger charge is 2.14. The molecule has 0 atom stereocenters. The molecule has 2 N–H and O–H groups in total. The fourth-order valence-electron chi connectivity index (χ4n) is 2.35. The molecule has 25 heavy (non-hydrogen) atoms. The summed E-state index contributed by atoms with van der Waals surface area (Å²) in [6.45, 7) is 2.42. The molecule has 6 nitrogen and oxygen atoms in total. The molecule has 0 aliphatic carbocycles. The molecule has 7 heteroatoms. The van der Waals surface area contributed by atoms with Crippen LogP contribution in [-0.2, 0) is 6.54 Å². The summed E-state index contributed by atoms with van der Waals surface area (Å²) in [4.78, 5) is 31.9. The van der Waals surface area contributed by atoms with Gasteiger partial charge in [0.1, 0.15) is 16.9 Å². The Morgan fingerprint density at radius 3 is 2.72 bits per heavy atom. The van der Waals surface area contributed by atoms with Crippen molar-refractivity contribution in [2.24, 2.45) is 0 Å². The minimum atomic E-state index is -0.531. The normalized spacial score (nSPS) is 10.6. The zero-order valence-corrected chi connectivity index (χ0v) is 13.5. The molecule has 0 bridgehead atoms. The Bertz CT molecular complexity index is 967. The quantitative estimate of drug-likeness (QED) is 0.746. The summed E-state index contributed by atoms with van der Waals surface area (Å²) in [6, 6.07) is 9.07. The molecule has 0 fully saturated rings. The SMILES string of the molecule is CCOc1ccc2[nH]cc(C(=O)NCc3ccc(F)cc3)c(=O)c2n1. The van der Waals surface area contributed by atoms with E-state index in [1.165, 1.54) is 18.3 Å². The second kappa shape index (κ2) is 7.12. The van der Waals surface area contributed by atoms with Crippen molar-refractivity contribution >= 4 is 16.9 Å². The molecule has 0 radical (unpaired) electrons. The minimum Gasteiger partial charge on any atom is -0.478 e. The maximum absolute atomic E-state index is 12.9. The van der Waals surface area contributed by atoms with Gasteiger partial charge < -0.3 is 15.0 Å². The van der Waals surface area contributed by atoms with Crippen molar-refractivity contribution < 1.29 is 13.9 Å². The number of ether oxygens (including phenoxy) is 1. The van der Waals surface area contributed by atoms with E-state index in [0.717, 1.165) is 5.56 Å². The molecule has 2 heterocycles. The van der Waals surface area contributed by atoms with Crippen LogP contribution in [0.15, 0.2) is 47.4 Å². The molecule has 1 aromatic carbocycles. The fourth-order valence-corrected chi connectivity index (χ4v) is 2.35. The second-order valence-corrected chi connectivity index (χ2v) is 5.32. The average molecular weight is 341 g/mol.